The highest BCUT2D eigenvalue weighted by molar-refractivity contribution is 7.14. The van der Waals surface area contributed by atoms with Gasteiger partial charge in [0.15, 0.2) is 0 Å². The van der Waals surface area contributed by atoms with Gasteiger partial charge in [-0.05, 0) is 50.3 Å². The fourth-order valence-corrected chi connectivity index (χ4v) is 5.06. The Morgan fingerprint density at radius 1 is 1.35 bits per heavy atom. The third-order valence-corrected chi connectivity index (χ3v) is 6.24. The highest BCUT2D eigenvalue weighted by atomic mass is 35.5. The molecule has 0 radical (unpaired) electrons. The Labute approximate surface area is 130 Å². The summed E-state index contributed by atoms with van der Waals surface area (Å²) in [6.07, 6.45) is 6.04. The van der Waals surface area contributed by atoms with Crippen molar-refractivity contribution >= 4 is 29.7 Å². The molecule has 1 amide bonds. The number of nitrogens with one attached hydrogen (secondary N) is 1. The number of fused-ring (bicyclic) bond motifs is 1. The Morgan fingerprint density at radius 2 is 2.25 bits per heavy atom. The Kier molecular flexibility index (Phi) is 3.82. The second-order valence-electron chi connectivity index (χ2n) is 6.32. The smallest absolute Gasteiger partial charge is 0.263 e. The Morgan fingerprint density at radius 3 is 3.00 bits per heavy atom. The summed E-state index contributed by atoms with van der Waals surface area (Å²) in [5.74, 6) is 0.281. The average Bonchev–Trinajstić information content (AvgIpc) is 3.13. The van der Waals surface area contributed by atoms with Crippen molar-refractivity contribution in [2.45, 2.75) is 32.1 Å². The minimum atomic E-state index is 0. The summed E-state index contributed by atoms with van der Waals surface area (Å²) in [4.78, 5) is 17.1. The van der Waals surface area contributed by atoms with Gasteiger partial charge in [0.1, 0.15) is 0 Å². The molecule has 1 unspecified atom stereocenters. The SMILES string of the molecule is Cl.O=C(c1cc2c(s1)CCC2)N1CCC2(CCNC2)C1. The van der Waals surface area contributed by atoms with E-state index in [4.69, 9.17) is 0 Å². The third-order valence-electron chi connectivity index (χ3n) is 5.02. The summed E-state index contributed by atoms with van der Waals surface area (Å²) in [5.41, 5.74) is 1.82. The minimum Gasteiger partial charge on any atom is -0.337 e. The van der Waals surface area contributed by atoms with Gasteiger partial charge in [-0.3, -0.25) is 4.79 Å². The van der Waals surface area contributed by atoms with Crippen molar-refractivity contribution < 1.29 is 4.79 Å². The number of hydrogen-bond acceptors (Lipinski definition) is 3. The summed E-state index contributed by atoms with van der Waals surface area (Å²) >= 11 is 1.74. The Bertz CT molecular complexity index is 500. The Hall–Kier alpha value is -0.580. The second kappa shape index (κ2) is 5.32. The molecule has 1 aromatic rings. The number of likely N-dealkylation sites (tertiary alicyclic amines) is 1. The van der Waals surface area contributed by atoms with Crippen molar-refractivity contribution in [2.75, 3.05) is 26.2 Å². The van der Waals surface area contributed by atoms with Gasteiger partial charge in [-0.2, -0.15) is 0 Å². The van der Waals surface area contributed by atoms with Gasteiger partial charge in [-0.15, -0.1) is 23.7 Å². The van der Waals surface area contributed by atoms with Crippen LogP contribution in [0.25, 0.3) is 0 Å². The van der Waals surface area contributed by atoms with Gasteiger partial charge in [0.25, 0.3) is 5.91 Å². The summed E-state index contributed by atoms with van der Waals surface area (Å²) < 4.78 is 0. The lowest BCUT2D eigenvalue weighted by molar-refractivity contribution is 0.0780. The van der Waals surface area contributed by atoms with Crippen molar-refractivity contribution in [2.24, 2.45) is 5.41 Å². The number of rotatable bonds is 1. The fourth-order valence-electron chi connectivity index (χ4n) is 3.84. The minimum absolute atomic E-state index is 0. The molecule has 0 saturated carbocycles. The van der Waals surface area contributed by atoms with Crippen LogP contribution in [-0.2, 0) is 12.8 Å². The molecule has 3 heterocycles. The van der Waals surface area contributed by atoms with Gasteiger partial charge >= 0.3 is 0 Å². The second-order valence-corrected chi connectivity index (χ2v) is 7.45. The number of nitrogens with zero attached hydrogens (tertiary/aromatic N) is 1. The first-order valence-electron chi connectivity index (χ1n) is 7.37. The topological polar surface area (TPSA) is 32.3 Å². The number of hydrogen-bond donors (Lipinski definition) is 1. The largest absolute Gasteiger partial charge is 0.337 e. The van der Waals surface area contributed by atoms with Crippen LogP contribution in [0.1, 0.15) is 39.4 Å². The Balaban J connectivity index is 0.00000121. The lowest BCUT2D eigenvalue weighted by Gasteiger charge is -2.22. The molecule has 3 aliphatic rings. The van der Waals surface area contributed by atoms with Crippen LogP contribution in [0.3, 0.4) is 0 Å². The monoisotopic (exact) mass is 312 g/mol. The zero-order valence-electron chi connectivity index (χ0n) is 11.6. The number of carbonyl (C=O) groups is 1. The highest BCUT2D eigenvalue weighted by Crippen LogP contribution is 2.38. The number of thiophene rings is 1. The first-order valence-corrected chi connectivity index (χ1v) is 8.19. The van der Waals surface area contributed by atoms with Crippen molar-refractivity contribution in [3.05, 3.63) is 21.4 Å². The molecule has 1 aromatic heterocycles. The molecular weight excluding hydrogens is 292 g/mol. The molecule has 4 rings (SSSR count). The average molecular weight is 313 g/mol. The predicted molar refractivity (Wildman–Crippen MR) is 84.0 cm³/mol. The molecule has 1 N–H and O–H groups in total. The molecule has 5 heteroatoms. The lowest BCUT2D eigenvalue weighted by Crippen LogP contribution is -2.32. The zero-order chi connectivity index (χ0) is 12.9. The summed E-state index contributed by atoms with van der Waals surface area (Å²) in [7, 11) is 0. The van der Waals surface area contributed by atoms with Crippen LogP contribution in [0.15, 0.2) is 6.07 Å². The molecule has 2 saturated heterocycles. The molecule has 110 valence electrons. The van der Waals surface area contributed by atoms with E-state index in [-0.39, 0.29) is 18.3 Å². The van der Waals surface area contributed by atoms with E-state index in [9.17, 15) is 4.79 Å². The fraction of sp³-hybridized carbons (Fsp3) is 0.667. The zero-order valence-corrected chi connectivity index (χ0v) is 13.2. The summed E-state index contributed by atoms with van der Waals surface area (Å²) in [6.45, 7) is 4.12. The van der Waals surface area contributed by atoms with E-state index in [1.165, 1.54) is 42.5 Å². The first-order chi connectivity index (χ1) is 9.26. The van der Waals surface area contributed by atoms with Gasteiger partial charge in [-0.25, -0.2) is 0 Å². The quantitative estimate of drug-likeness (QED) is 0.864. The maximum atomic E-state index is 12.6. The normalized spacial score (nSPS) is 27.9. The molecule has 2 fully saturated rings. The van der Waals surface area contributed by atoms with Crippen molar-refractivity contribution in [1.29, 1.82) is 0 Å². The molecule has 2 aliphatic heterocycles. The number of amides is 1. The van der Waals surface area contributed by atoms with Gasteiger partial charge in [-0.1, -0.05) is 0 Å². The van der Waals surface area contributed by atoms with Gasteiger partial charge in [0.2, 0.25) is 0 Å². The van der Waals surface area contributed by atoms with Gasteiger partial charge in [0, 0.05) is 29.9 Å². The highest BCUT2D eigenvalue weighted by Gasteiger charge is 2.42. The van der Waals surface area contributed by atoms with Crippen molar-refractivity contribution in [3.63, 3.8) is 0 Å². The number of halogens is 1. The molecule has 1 atom stereocenters. The van der Waals surface area contributed by atoms with Crippen LogP contribution in [-0.4, -0.2) is 37.0 Å². The van der Waals surface area contributed by atoms with Crippen LogP contribution >= 0.6 is 23.7 Å². The maximum absolute atomic E-state index is 12.6. The van der Waals surface area contributed by atoms with Crippen molar-refractivity contribution in [1.82, 2.24) is 10.2 Å². The molecule has 1 spiro atoms. The van der Waals surface area contributed by atoms with Gasteiger partial charge in [0.05, 0.1) is 4.88 Å². The maximum Gasteiger partial charge on any atom is 0.263 e. The van der Waals surface area contributed by atoms with Crippen LogP contribution in [0.5, 0.6) is 0 Å². The number of aryl methyl sites for hydroxylation is 2. The van der Waals surface area contributed by atoms with Crippen molar-refractivity contribution in [3.8, 4) is 0 Å². The molecule has 0 aromatic carbocycles. The standard InChI is InChI=1S/C15H20N2OS.ClH/c18-14(13-8-11-2-1-3-12(11)19-13)17-7-5-15(10-17)4-6-16-9-15;/h8,16H,1-7,9-10H2;1H. The van der Waals surface area contributed by atoms with Crippen LogP contribution in [0, 0.1) is 5.41 Å². The summed E-state index contributed by atoms with van der Waals surface area (Å²) in [6, 6.07) is 2.16. The van der Waals surface area contributed by atoms with Crippen LogP contribution < -0.4 is 5.32 Å². The predicted octanol–water partition coefficient (Wildman–Crippen LogP) is 2.48. The molecule has 20 heavy (non-hydrogen) atoms. The van der Waals surface area contributed by atoms with E-state index in [0.29, 0.717) is 5.41 Å². The molecule has 3 nitrogen and oxygen atoms in total. The van der Waals surface area contributed by atoms with E-state index in [2.05, 4.69) is 16.3 Å². The molecule has 1 aliphatic carbocycles. The van der Waals surface area contributed by atoms with Crippen LogP contribution in [0.2, 0.25) is 0 Å². The number of carbonyl (C=O) groups excluding carboxylic acids is 1. The lowest BCUT2D eigenvalue weighted by atomic mass is 9.87. The molecular formula is C15H21ClN2OS. The van der Waals surface area contributed by atoms with E-state index in [1.54, 1.807) is 11.3 Å². The third kappa shape index (κ3) is 2.28. The summed E-state index contributed by atoms with van der Waals surface area (Å²) in [5, 5.41) is 3.45. The van der Waals surface area contributed by atoms with E-state index in [1.807, 2.05) is 0 Å². The van der Waals surface area contributed by atoms with E-state index >= 15 is 0 Å². The first kappa shape index (κ1) is 14.4. The molecule has 0 bridgehead atoms. The van der Waals surface area contributed by atoms with E-state index < -0.39 is 0 Å². The van der Waals surface area contributed by atoms with E-state index in [0.717, 1.165) is 31.1 Å². The van der Waals surface area contributed by atoms with Gasteiger partial charge < -0.3 is 10.2 Å². The van der Waals surface area contributed by atoms with Crippen LogP contribution in [0.4, 0.5) is 0 Å².